The highest BCUT2D eigenvalue weighted by Gasteiger charge is 2.18. The number of thioether (sulfide) groups is 1. The highest BCUT2D eigenvalue weighted by molar-refractivity contribution is 7.99. The van der Waals surface area contributed by atoms with Crippen molar-refractivity contribution in [3.05, 3.63) is 72.1 Å². The maximum absolute atomic E-state index is 13.7. The lowest BCUT2D eigenvalue weighted by atomic mass is 10.2. The van der Waals surface area contributed by atoms with E-state index in [1.54, 1.807) is 49.8 Å². The number of aromatic nitrogens is 3. The maximum Gasteiger partial charge on any atom is 0.234 e. The molecule has 0 aliphatic rings. The first-order valence-electron chi connectivity index (χ1n) is 8.78. The summed E-state index contributed by atoms with van der Waals surface area (Å²) < 4.78 is 26.3. The van der Waals surface area contributed by atoms with Gasteiger partial charge in [-0.05, 0) is 48.9 Å². The number of nitrogens with one attached hydrogen (secondary N) is 1. The molecule has 9 heteroatoms. The maximum atomic E-state index is 13.7. The molecule has 0 atom stereocenters. The van der Waals surface area contributed by atoms with E-state index >= 15 is 0 Å². The van der Waals surface area contributed by atoms with Crippen LogP contribution in [0.2, 0.25) is 0 Å². The predicted molar refractivity (Wildman–Crippen MR) is 106 cm³/mol. The van der Waals surface area contributed by atoms with Crippen molar-refractivity contribution < 1.29 is 18.0 Å². The van der Waals surface area contributed by atoms with Gasteiger partial charge in [0.15, 0.2) is 10.9 Å². The normalized spacial score (nSPS) is 11.0. The minimum Gasteiger partial charge on any atom is -0.467 e. The molecule has 0 aliphatic carbocycles. The Hall–Kier alpha value is -3.33. The molecular weight excluding hydrogens is 395 g/mol. The summed E-state index contributed by atoms with van der Waals surface area (Å²) in [5.74, 6) is 1.27. The Kier molecular flexibility index (Phi) is 5.48. The zero-order valence-electron chi connectivity index (χ0n) is 15.5. The van der Waals surface area contributed by atoms with Crippen molar-refractivity contribution in [2.45, 2.75) is 18.6 Å². The molecule has 148 valence electrons. The number of carbonyl (C=O) groups is 1. The molecule has 7 nitrogen and oxygen atoms in total. The summed E-state index contributed by atoms with van der Waals surface area (Å²) in [5, 5.41) is 11.6. The largest absolute Gasteiger partial charge is 0.467 e. The summed E-state index contributed by atoms with van der Waals surface area (Å²) >= 11 is 1.22. The molecule has 3 aromatic heterocycles. The number of amides is 1. The van der Waals surface area contributed by atoms with Crippen molar-refractivity contribution in [2.75, 3.05) is 11.1 Å². The first kappa shape index (κ1) is 19.0. The molecule has 0 radical (unpaired) electrons. The first-order chi connectivity index (χ1) is 14.1. The summed E-state index contributed by atoms with van der Waals surface area (Å²) in [6, 6.07) is 11.8. The van der Waals surface area contributed by atoms with E-state index in [-0.39, 0.29) is 17.5 Å². The second-order valence-corrected chi connectivity index (χ2v) is 7.19. The van der Waals surface area contributed by atoms with Crippen LogP contribution in [0.4, 0.5) is 10.1 Å². The Labute approximate surface area is 169 Å². The summed E-state index contributed by atoms with van der Waals surface area (Å²) in [7, 11) is 0. The van der Waals surface area contributed by atoms with Gasteiger partial charge in [0, 0.05) is 5.69 Å². The van der Waals surface area contributed by atoms with Crippen molar-refractivity contribution in [1.82, 2.24) is 14.8 Å². The van der Waals surface area contributed by atoms with Gasteiger partial charge in [-0.15, -0.1) is 10.2 Å². The Bertz CT molecular complexity index is 1110. The zero-order chi connectivity index (χ0) is 20.2. The van der Waals surface area contributed by atoms with Crippen LogP contribution in [0.25, 0.3) is 11.6 Å². The van der Waals surface area contributed by atoms with E-state index < -0.39 is 0 Å². The molecule has 0 bridgehead atoms. The molecule has 3 heterocycles. The fourth-order valence-electron chi connectivity index (χ4n) is 2.68. The van der Waals surface area contributed by atoms with E-state index in [0.717, 1.165) is 5.76 Å². The lowest BCUT2D eigenvalue weighted by molar-refractivity contribution is -0.113. The van der Waals surface area contributed by atoms with Crippen LogP contribution in [-0.2, 0) is 11.3 Å². The van der Waals surface area contributed by atoms with Gasteiger partial charge in [-0.25, -0.2) is 4.39 Å². The molecule has 29 heavy (non-hydrogen) atoms. The minimum atomic E-state index is -0.364. The molecule has 0 saturated heterocycles. The number of furan rings is 2. The highest BCUT2D eigenvalue weighted by atomic mass is 32.2. The van der Waals surface area contributed by atoms with Gasteiger partial charge in [0.2, 0.25) is 11.7 Å². The van der Waals surface area contributed by atoms with Crippen LogP contribution in [0.15, 0.2) is 69.0 Å². The Morgan fingerprint density at radius 2 is 2.00 bits per heavy atom. The molecule has 0 saturated carbocycles. The van der Waals surface area contributed by atoms with Gasteiger partial charge in [-0.2, -0.15) is 0 Å². The number of anilines is 1. The topological polar surface area (TPSA) is 86.1 Å². The van der Waals surface area contributed by atoms with Crippen molar-refractivity contribution >= 4 is 23.4 Å². The van der Waals surface area contributed by atoms with Gasteiger partial charge < -0.3 is 14.2 Å². The van der Waals surface area contributed by atoms with Crippen LogP contribution < -0.4 is 5.32 Å². The second kappa shape index (κ2) is 8.36. The summed E-state index contributed by atoms with van der Waals surface area (Å²) in [6.45, 7) is 2.06. The quantitative estimate of drug-likeness (QED) is 0.454. The molecule has 0 fully saturated rings. The van der Waals surface area contributed by atoms with Gasteiger partial charge in [-0.1, -0.05) is 17.8 Å². The van der Waals surface area contributed by atoms with Gasteiger partial charge in [0.05, 0.1) is 24.8 Å². The number of hydrogen-bond acceptors (Lipinski definition) is 6. The van der Waals surface area contributed by atoms with Crippen LogP contribution in [0.3, 0.4) is 0 Å². The van der Waals surface area contributed by atoms with E-state index in [4.69, 9.17) is 8.83 Å². The Morgan fingerprint density at radius 3 is 2.72 bits per heavy atom. The molecule has 4 aromatic rings. The molecule has 1 amide bonds. The number of carbonyl (C=O) groups excluding carboxylic acids is 1. The summed E-state index contributed by atoms with van der Waals surface area (Å²) in [6.07, 6.45) is 3.15. The standard InChI is InChI=1S/C20H17FN4O3S/c1-13-6-7-14(10-16(13)21)22-18(26)12-29-20-24-23-19(17-5-3-9-28-17)25(20)11-15-4-2-8-27-15/h2-10H,11-12H2,1H3,(H,22,26). The fraction of sp³-hybridized carbons (Fsp3) is 0.150. The number of hydrogen-bond donors (Lipinski definition) is 1. The van der Waals surface area contributed by atoms with Crippen LogP contribution in [0, 0.1) is 12.7 Å². The number of nitrogens with zero attached hydrogens (tertiary/aromatic N) is 3. The third-order valence-corrected chi connectivity index (χ3v) is 5.11. The predicted octanol–water partition coefficient (Wildman–Crippen LogP) is 4.36. The van der Waals surface area contributed by atoms with Gasteiger partial charge in [0.25, 0.3) is 0 Å². The minimum absolute atomic E-state index is 0.0872. The molecule has 0 aliphatic heterocycles. The average Bonchev–Trinajstić information content (AvgIpc) is 3.45. The molecule has 1 aromatic carbocycles. The lowest BCUT2D eigenvalue weighted by Gasteiger charge is -2.08. The van der Waals surface area contributed by atoms with Gasteiger partial charge in [0.1, 0.15) is 11.6 Å². The smallest absolute Gasteiger partial charge is 0.234 e. The SMILES string of the molecule is Cc1ccc(NC(=O)CSc2nnc(-c3ccco3)n2Cc2ccco2)cc1F. The molecule has 0 spiro atoms. The van der Waals surface area contributed by atoms with Crippen molar-refractivity contribution in [2.24, 2.45) is 0 Å². The van der Waals surface area contributed by atoms with E-state index in [1.807, 2.05) is 10.6 Å². The zero-order valence-corrected chi connectivity index (χ0v) is 16.3. The summed E-state index contributed by atoms with van der Waals surface area (Å²) in [5.41, 5.74) is 0.931. The van der Waals surface area contributed by atoms with E-state index in [0.29, 0.717) is 34.5 Å². The van der Waals surface area contributed by atoms with Gasteiger partial charge in [-0.3, -0.25) is 9.36 Å². The number of aryl methyl sites for hydroxylation is 1. The van der Waals surface area contributed by atoms with E-state index in [2.05, 4.69) is 15.5 Å². The van der Waals surface area contributed by atoms with Crippen molar-refractivity contribution in [3.8, 4) is 11.6 Å². The first-order valence-corrected chi connectivity index (χ1v) is 9.77. The van der Waals surface area contributed by atoms with E-state index in [1.165, 1.54) is 17.8 Å². The van der Waals surface area contributed by atoms with Crippen LogP contribution in [0.5, 0.6) is 0 Å². The monoisotopic (exact) mass is 412 g/mol. The number of benzene rings is 1. The Morgan fingerprint density at radius 1 is 1.17 bits per heavy atom. The highest BCUT2D eigenvalue weighted by Crippen LogP contribution is 2.26. The number of halogens is 1. The second-order valence-electron chi connectivity index (χ2n) is 6.25. The van der Waals surface area contributed by atoms with Gasteiger partial charge >= 0.3 is 0 Å². The van der Waals surface area contributed by atoms with Crippen molar-refractivity contribution in [1.29, 1.82) is 0 Å². The third kappa shape index (κ3) is 4.40. The van der Waals surface area contributed by atoms with Crippen LogP contribution in [-0.4, -0.2) is 26.4 Å². The molecule has 4 rings (SSSR count). The summed E-state index contributed by atoms with van der Waals surface area (Å²) in [4.78, 5) is 12.3. The van der Waals surface area contributed by atoms with Crippen LogP contribution >= 0.6 is 11.8 Å². The average molecular weight is 412 g/mol. The molecule has 0 unspecified atom stereocenters. The van der Waals surface area contributed by atoms with E-state index in [9.17, 15) is 9.18 Å². The molecular formula is C20H17FN4O3S. The lowest BCUT2D eigenvalue weighted by Crippen LogP contribution is -2.15. The molecule has 1 N–H and O–H groups in total. The van der Waals surface area contributed by atoms with Crippen LogP contribution in [0.1, 0.15) is 11.3 Å². The fourth-order valence-corrected chi connectivity index (χ4v) is 3.42. The Balaban J connectivity index is 1.49. The third-order valence-electron chi connectivity index (χ3n) is 4.14. The van der Waals surface area contributed by atoms with Crippen molar-refractivity contribution in [3.63, 3.8) is 0 Å². The number of rotatable bonds is 7.